The molecule has 2 aromatic carbocycles. The van der Waals surface area contributed by atoms with Crippen LogP contribution in [0.2, 0.25) is 0 Å². The quantitative estimate of drug-likeness (QED) is 0.665. The molecule has 26 heavy (non-hydrogen) atoms. The van der Waals surface area contributed by atoms with Crippen LogP contribution < -0.4 is 14.3 Å². The minimum absolute atomic E-state index is 0.165. The van der Waals surface area contributed by atoms with Crippen LogP contribution in [-0.4, -0.2) is 23.7 Å². The maximum absolute atomic E-state index is 12.4. The summed E-state index contributed by atoms with van der Waals surface area (Å²) in [5, 5.41) is 0. The highest BCUT2D eigenvalue weighted by atomic mass is 32.1. The van der Waals surface area contributed by atoms with Crippen LogP contribution in [0.1, 0.15) is 19.4 Å². The lowest BCUT2D eigenvalue weighted by Gasteiger charge is -2.03. The molecule has 1 amide bonds. The van der Waals surface area contributed by atoms with Crippen molar-refractivity contribution in [3.63, 3.8) is 0 Å². The fraction of sp³-hybridized carbons (Fsp3) is 0.300. The van der Waals surface area contributed by atoms with Gasteiger partial charge in [-0.2, -0.15) is 4.99 Å². The maximum atomic E-state index is 12.4. The fourth-order valence-electron chi connectivity index (χ4n) is 2.67. The third-order valence-corrected chi connectivity index (χ3v) is 5.00. The van der Waals surface area contributed by atoms with Crippen LogP contribution in [0, 0.1) is 0 Å². The molecule has 0 fully saturated rings. The average Bonchev–Trinajstić information content (AvgIpc) is 2.92. The normalized spacial score (nSPS) is 11.7. The van der Waals surface area contributed by atoms with E-state index in [2.05, 4.69) is 4.99 Å². The first kappa shape index (κ1) is 18.2. The molecule has 0 aliphatic carbocycles. The van der Waals surface area contributed by atoms with Crippen molar-refractivity contribution in [3.05, 3.63) is 52.8 Å². The highest BCUT2D eigenvalue weighted by Gasteiger charge is 2.07. The van der Waals surface area contributed by atoms with Crippen molar-refractivity contribution in [2.75, 3.05) is 13.2 Å². The Morgan fingerprint density at radius 3 is 2.38 bits per heavy atom. The van der Waals surface area contributed by atoms with Gasteiger partial charge in [-0.15, -0.1) is 0 Å². The molecule has 0 spiro atoms. The summed E-state index contributed by atoms with van der Waals surface area (Å²) in [6.07, 6.45) is 0.269. The van der Waals surface area contributed by atoms with Crippen LogP contribution in [0.3, 0.4) is 0 Å². The summed E-state index contributed by atoms with van der Waals surface area (Å²) in [7, 11) is 1.92. The predicted octanol–water partition coefficient (Wildman–Crippen LogP) is 3.71. The zero-order chi connectivity index (χ0) is 18.5. The molecule has 0 atom stereocenters. The Hall–Kier alpha value is -2.60. The van der Waals surface area contributed by atoms with E-state index in [1.807, 2.05) is 67.9 Å². The minimum atomic E-state index is -0.165. The van der Waals surface area contributed by atoms with Crippen LogP contribution in [0.4, 0.5) is 0 Å². The van der Waals surface area contributed by atoms with E-state index in [1.165, 1.54) is 11.3 Å². The summed E-state index contributed by atoms with van der Waals surface area (Å²) < 4.78 is 13.9. The van der Waals surface area contributed by atoms with Crippen molar-refractivity contribution in [1.82, 2.24) is 4.57 Å². The molecule has 1 aromatic heterocycles. The fourth-order valence-corrected chi connectivity index (χ4v) is 3.73. The molecule has 0 bridgehead atoms. The summed E-state index contributed by atoms with van der Waals surface area (Å²) in [6, 6.07) is 13.5. The molecule has 3 rings (SSSR count). The average molecular weight is 370 g/mol. The molecular formula is C20H22N2O3S. The van der Waals surface area contributed by atoms with E-state index in [1.54, 1.807) is 0 Å². The molecule has 0 aliphatic heterocycles. The Labute approximate surface area is 156 Å². The predicted molar refractivity (Wildman–Crippen MR) is 104 cm³/mol. The second kappa shape index (κ2) is 8.19. The van der Waals surface area contributed by atoms with Gasteiger partial charge in [0.1, 0.15) is 11.5 Å². The third kappa shape index (κ3) is 4.14. The molecule has 1 heterocycles. The van der Waals surface area contributed by atoms with E-state index in [0.717, 1.165) is 27.3 Å². The molecule has 136 valence electrons. The van der Waals surface area contributed by atoms with Gasteiger partial charge in [-0.05, 0) is 49.7 Å². The highest BCUT2D eigenvalue weighted by Crippen LogP contribution is 2.22. The van der Waals surface area contributed by atoms with Gasteiger partial charge in [0.25, 0.3) is 5.91 Å². The highest BCUT2D eigenvalue weighted by molar-refractivity contribution is 7.16. The zero-order valence-corrected chi connectivity index (χ0v) is 16.0. The Bertz CT molecular complexity index is 971. The van der Waals surface area contributed by atoms with Gasteiger partial charge in [-0.1, -0.05) is 23.5 Å². The number of thiazole rings is 1. The van der Waals surface area contributed by atoms with Gasteiger partial charge in [-0.25, -0.2) is 0 Å². The molecule has 0 radical (unpaired) electrons. The molecule has 6 heteroatoms. The largest absolute Gasteiger partial charge is 0.494 e. The summed E-state index contributed by atoms with van der Waals surface area (Å²) in [6.45, 7) is 5.15. The smallest absolute Gasteiger partial charge is 0.252 e. The Balaban J connectivity index is 1.81. The first-order chi connectivity index (χ1) is 12.6. The number of fused-ring (bicyclic) bond motifs is 1. The van der Waals surface area contributed by atoms with Gasteiger partial charge in [0.15, 0.2) is 4.80 Å². The second-order valence-electron chi connectivity index (χ2n) is 5.77. The lowest BCUT2D eigenvalue weighted by molar-refractivity contribution is -0.117. The van der Waals surface area contributed by atoms with Crippen LogP contribution in [0.15, 0.2) is 47.5 Å². The molecule has 0 saturated carbocycles. The van der Waals surface area contributed by atoms with Crippen molar-refractivity contribution in [3.8, 4) is 11.5 Å². The Morgan fingerprint density at radius 1 is 1.04 bits per heavy atom. The maximum Gasteiger partial charge on any atom is 0.252 e. The molecule has 3 aromatic rings. The lowest BCUT2D eigenvalue weighted by atomic mass is 10.1. The number of aryl methyl sites for hydroxylation is 1. The molecule has 0 aliphatic rings. The van der Waals surface area contributed by atoms with E-state index in [4.69, 9.17) is 9.47 Å². The summed E-state index contributed by atoms with van der Waals surface area (Å²) in [5.41, 5.74) is 1.95. The second-order valence-corrected chi connectivity index (χ2v) is 6.77. The van der Waals surface area contributed by atoms with E-state index in [9.17, 15) is 4.79 Å². The molecular weight excluding hydrogens is 348 g/mol. The van der Waals surface area contributed by atoms with Gasteiger partial charge in [0.2, 0.25) is 0 Å². The number of amides is 1. The number of hydrogen-bond donors (Lipinski definition) is 0. The number of nitrogens with zero attached hydrogens (tertiary/aromatic N) is 2. The molecule has 5 nitrogen and oxygen atoms in total. The first-order valence-corrected chi connectivity index (χ1v) is 9.44. The SMILES string of the molecule is CCOc1ccc(CC(=O)N=c2sc3cc(OCC)ccc3n2C)cc1. The van der Waals surface area contributed by atoms with E-state index in [-0.39, 0.29) is 12.3 Å². The Morgan fingerprint density at radius 2 is 1.69 bits per heavy atom. The lowest BCUT2D eigenvalue weighted by Crippen LogP contribution is -2.14. The summed E-state index contributed by atoms with van der Waals surface area (Å²) >= 11 is 1.49. The van der Waals surface area contributed by atoms with Crippen molar-refractivity contribution >= 4 is 27.5 Å². The van der Waals surface area contributed by atoms with E-state index in [0.29, 0.717) is 18.0 Å². The number of aromatic nitrogens is 1. The molecule has 0 N–H and O–H groups in total. The van der Waals surface area contributed by atoms with Crippen LogP contribution in [-0.2, 0) is 18.3 Å². The number of carbonyl (C=O) groups excluding carboxylic acids is 1. The molecule has 0 saturated heterocycles. The first-order valence-electron chi connectivity index (χ1n) is 8.62. The van der Waals surface area contributed by atoms with Gasteiger partial charge < -0.3 is 14.0 Å². The van der Waals surface area contributed by atoms with Crippen LogP contribution in [0.5, 0.6) is 11.5 Å². The Kier molecular flexibility index (Phi) is 5.73. The summed E-state index contributed by atoms with van der Waals surface area (Å²) in [5.74, 6) is 1.47. The van der Waals surface area contributed by atoms with Crippen molar-refractivity contribution in [1.29, 1.82) is 0 Å². The van der Waals surface area contributed by atoms with E-state index < -0.39 is 0 Å². The van der Waals surface area contributed by atoms with Crippen molar-refractivity contribution in [2.45, 2.75) is 20.3 Å². The van der Waals surface area contributed by atoms with Crippen molar-refractivity contribution < 1.29 is 14.3 Å². The number of hydrogen-bond acceptors (Lipinski definition) is 4. The number of benzene rings is 2. The van der Waals surface area contributed by atoms with Crippen LogP contribution >= 0.6 is 11.3 Å². The van der Waals surface area contributed by atoms with Gasteiger partial charge >= 0.3 is 0 Å². The molecule has 0 unspecified atom stereocenters. The number of rotatable bonds is 6. The van der Waals surface area contributed by atoms with Crippen LogP contribution in [0.25, 0.3) is 10.2 Å². The zero-order valence-electron chi connectivity index (χ0n) is 15.2. The number of carbonyl (C=O) groups is 1. The van der Waals surface area contributed by atoms with Crippen molar-refractivity contribution in [2.24, 2.45) is 12.0 Å². The summed E-state index contributed by atoms with van der Waals surface area (Å²) in [4.78, 5) is 17.3. The van der Waals surface area contributed by atoms with Gasteiger partial charge in [0, 0.05) is 7.05 Å². The van der Waals surface area contributed by atoms with Gasteiger partial charge in [-0.3, -0.25) is 4.79 Å². The standard InChI is InChI=1S/C20H22N2O3S/c1-4-24-15-8-6-14(7-9-15)12-19(23)21-20-22(3)17-11-10-16(25-5-2)13-18(17)26-20/h6-11,13H,4-5,12H2,1-3H3. The number of ether oxygens (including phenoxy) is 2. The monoisotopic (exact) mass is 370 g/mol. The third-order valence-electron chi connectivity index (χ3n) is 3.90. The topological polar surface area (TPSA) is 52.8 Å². The van der Waals surface area contributed by atoms with E-state index >= 15 is 0 Å². The minimum Gasteiger partial charge on any atom is -0.494 e. The van der Waals surface area contributed by atoms with Gasteiger partial charge in [0.05, 0.1) is 29.9 Å².